The Morgan fingerprint density at radius 1 is 1.27 bits per heavy atom. The van der Waals surface area contributed by atoms with Crippen LogP contribution in [-0.4, -0.2) is 0 Å². The van der Waals surface area contributed by atoms with Gasteiger partial charge in [0, 0.05) is 0 Å². The third-order valence-corrected chi connectivity index (χ3v) is 1.75. The van der Waals surface area contributed by atoms with Crippen LogP contribution in [0.1, 0.15) is 27.7 Å². The van der Waals surface area contributed by atoms with E-state index in [1.165, 1.54) is 11.1 Å². The number of hydrogen-bond donors (Lipinski definition) is 0. The van der Waals surface area contributed by atoms with E-state index in [0.29, 0.717) is 5.92 Å². The summed E-state index contributed by atoms with van der Waals surface area (Å²) >= 11 is 0. The zero-order valence-electron chi connectivity index (χ0n) is 8.02. The van der Waals surface area contributed by atoms with Gasteiger partial charge >= 0.3 is 0 Å². The lowest BCUT2D eigenvalue weighted by molar-refractivity contribution is 0.768. The Bertz CT molecular complexity index is 180. The quantitative estimate of drug-likeness (QED) is 0.538. The van der Waals surface area contributed by atoms with Crippen LogP contribution in [0.3, 0.4) is 0 Å². The fourth-order valence-electron chi connectivity index (χ4n) is 0.760. The molecule has 0 heterocycles. The summed E-state index contributed by atoms with van der Waals surface area (Å²) in [6.07, 6.45) is 6.04. The third kappa shape index (κ3) is 4.60. The van der Waals surface area contributed by atoms with Crippen LogP contribution in [0.5, 0.6) is 0 Å². The maximum Gasteiger partial charge on any atom is -0.0260 e. The Balaban J connectivity index is 4.30. The van der Waals surface area contributed by atoms with Crippen LogP contribution in [0.4, 0.5) is 0 Å². The van der Waals surface area contributed by atoms with Crippen LogP contribution in [-0.2, 0) is 0 Å². The molecular weight excluding hydrogens is 132 g/mol. The van der Waals surface area contributed by atoms with Gasteiger partial charge in [-0.2, -0.15) is 0 Å². The maximum atomic E-state index is 3.65. The summed E-state index contributed by atoms with van der Waals surface area (Å²) in [5.74, 6) is 0.642. The molecule has 0 N–H and O–H groups in total. The fraction of sp³-hybridized carbons (Fsp3) is 0.455. The first-order chi connectivity index (χ1) is 5.07. The maximum absolute atomic E-state index is 3.65. The molecule has 0 amide bonds. The van der Waals surface area contributed by atoms with Gasteiger partial charge in [-0.25, -0.2) is 0 Å². The minimum atomic E-state index is 0.642. The summed E-state index contributed by atoms with van der Waals surface area (Å²) in [6, 6.07) is 0. The zero-order chi connectivity index (χ0) is 8.85. The van der Waals surface area contributed by atoms with E-state index in [1.54, 1.807) is 0 Å². The van der Waals surface area contributed by atoms with Gasteiger partial charge in [-0.05, 0) is 19.8 Å². The molecule has 0 aliphatic carbocycles. The second-order valence-electron chi connectivity index (χ2n) is 3.19. The van der Waals surface area contributed by atoms with Crippen LogP contribution >= 0.6 is 0 Å². The molecule has 0 aliphatic heterocycles. The monoisotopic (exact) mass is 150 g/mol. The van der Waals surface area contributed by atoms with Crippen molar-refractivity contribution < 1.29 is 0 Å². The molecule has 0 aromatic carbocycles. The molecule has 0 aromatic heterocycles. The Kier molecular flexibility index (Phi) is 4.60. The van der Waals surface area contributed by atoms with Crippen molar-refractivity contribution >= 4 is 0 Å². The fourth-order valence-corrected chi connectivity index (χ4v) is 0.760. The van der Waals surface area contributed by atoms with Crippen molar-refractivity contribution in [1.82, 2.24) is 0 Å². The molecule has 0 unspecified atom stereocenters. The first kappa shape index (κ1) is 10.2. The van der Waals surface area contributed by atoms with Crippen LogP contribution in [0, 0.1) is 5.92 Å². The number of rotatable bonds is 3. The molecule has 0 aliphatic rings. The van der Waals surface area contributed by atoms with Gasteiger partial charge in [-0.3, -0.25) is 0 Å². The van der Waals surface area contributed by atoms with Crippen molar-refractivity contribution in [2.75, 3.05) is 0 Å². The summed E-state index contributed by atoms with van der Waals surface area (Å²) in [7, 11) is 0. The van der Waals surface area contributed by atoms with Gasteiger partial charge in [0.1, 0.15) is 0 Å². The van der Waals surface area contributed by atoms with Gasteiger partial charge < -0.3 is 0 Å². The highest BCUT2D eigenvalue weighted by Crippen LogP contribution is 2.10. The van der Waals surface area contributed by atoms with E-state index < -0.39 is 0 Å². The van der Waals surface area contributed by atoms with Gasteiger partial charge in [0.05, 0.1) is 0 Å². The van der Waals surface area contributed by atoms with E-state index in [4.69, 9.17) is 0 Å². The predicted octanol–water partition coefficient (Wildman–Crippen LogP) is 3.72. The average molecular weight is 150 g/mol. The molecule has 0 rings (SSSR count). The summed E-state index contributed by atoms with van der Waals surface area (Å²) in [6.45, 7) is 12.3. The first-order valence-corrected chi connectivity index (χ1v) is 4.05. The molecule has 0 bridgehead atoms. The molecule has 0 spiro atoms. The molecule has 0 atom stereocenters. The zero-order valence-corrected chi connectivity index (χ0v) is 8.02. The van der Waals surface area contributed by atoms with Gasteiger partial charge in [-0.15, -0.1) is 0 Å². The van der Waals surface area contributed by atoms with Crippen LogP contribution in [0.15, 0.2) is 36.0 Å². The van der Waals surface area contributed by atoms with E-state index in [-0.39, 0.29) is 0 Å². The van der Waals surface area contributed by atoms with Crippen molar-refractivity contribution in [2.24, 2.45) is 5.92 Å². The molecule has 11 heavy (non-hydrogen) atoms. The largest absolute Gasteiger partial charge is 0.0991 e. The Hall–Kier alpha value is -0.780. The second-order valence-corrected chi connectivity index (χ2v) is 3.19. The van der Waals surface area contributed by atoms with Gasteiger partial charge in [0.2, 0.25) is 0 Å². The van der Waals surface area contributed by atoms with E-state index in [2.05, 4.69) is 40.3 Å². The predicted molar refractivity (Wildman–Crippen MR) is 52.5 cm³/mol. The summed E-state index contributed by atoms with van der Waals surface area (Å²) < 4.78 is 0. The van der Waals surface area contributed by atoms with Crippen LogP contribution in [0.2, 0.25) is 0 Å². The SMILES string of the molecule is C=C/C=C(C)\C=C(\C)C(C)C. The van der Waals surface area contributed by atoms with Crippen molar-refractivity contribution in [2.45, 2.75) is 27.7 Å². The average Bonchev–Trinajstić information content (AvgIpc) is 1.87. The lowest BCUT2D eigenvalue weighted by atomic mass is 10.0. The molecule has 0 heteroatoms. The van der Waals surface area contributed by atoms with Gasteiger partial charge in [0.25, 0.3) is 0 Å². The van der Waals surface area contributed by atoms with Gasteiger partial charge in [-0.1, -0.05) is 49.8 Å². The molecule has 0 fully saturated rings. The minimum absolute atomic E-state index is 0.642. The Morgan fingerprint density at radius 2 is 1.82 bits per heavy atom. The standard InChI is InChI=1S/C11H18/c1-6-7-10(4)8-11(5)9(2)3/h6-9H,1H2,2-5H3/b10-7-,11-8-. The van der Waals surface area contributed by atoms with Crippen molar-refractivity contribution in [3.63, 3.8) is 0 Å². The molecule has 0 nitrogen and oxygen atoms in total. The minimum Gasteiger partial charge on any atom is -0.0991 e. The Labute approximate surface area is 70.3 Å². The van der Waals surface area contributed by atoms with E-state index in [9.17, 15) is 0 Å². The molecule has 0 saturated carbocycles. The third-order valence-electron chi connectivity index (χ3n) is 1.75. The second kappa shape index (κ2) is 4.95. The first-order valence-electron chi connectivity index (χ1n) is 4.05. The number of allylic oxidation sites excluding steroid dienone is 5. The lowest BCUT2D eigenvalue weighted by Gasteiger charge is -2.03. The van der Waals surface area contributed by atoms with E-state index in [0.717, 1.165) is 0 Å². The molecule has 62 valence electrons. The molecule has 0 radical (unpaired) electrons. The lowest BCUT2D eigenvalue weighted by Crippen LogP contribution is -1.88. The Morgan fingerprint density at radius 3 is 2.18 bits per heavy atom. The normalized spacial score (nSPS) is 13.9. The number of hydrogen-bond acceptors (Lipinski definition) is 0. The van der Waals surface area contributed by atoms with Crippen LogP contribution < -0.4 is 0 Å². The highest BCUT2D eigenvalue weighted by atomic mass is 14.0. The summed E-state index contributed by atoms with van der Waals surface area (Å²) in [5.41, 5.74) is 2.69. The van der Waals surface area contributed by atoms with Gasteiger partial charge in [0.15, 0.2) is 0 Å². The van der Waals surface area contributed by atoms with Crippen molar-refractivity contribution in [3.05, 3.63) is 36.0 Å². The summed E-state index contributed by atoms with van der Waals surface area (Å²) in [5, 5.41) is 0. The molecule has 0 saturated heterocycles. The summed E-state index contributed by atoms with van der Waals surface area (Å²) in [4.78, 5) is 0. The smallest absolute Gasteiger partial charge is 0.0260 e. The highest BCUT2D eigenvalue weighted by Gasteiger charge is 1.94. The van der Waals surface area contributed by atoms with Crippen molar-refractivity contribution in [1.29, 1.82) is 0 Å². The van der Waals surface area contributed by atoms with E-state index in [1.807, 2.05) is 12.2 Å². The van der Waals surface area contributed by atoms with Crippen LogP contribution in [0.25, 0.3) is 0 Å². The molecular formula is C11H18. The van der Waals surface area contributed by atoms with Crippen molar-refractivity contribution in [3.8, 4) is 0 Å². The topological polar surface area (TPSA) is 0 Å². The highest BCUT2D eigenvalue weighted by molar-refractivity contribution is 5.24. The molecule has 0 aromatic rings. The van der Waals surface area contributed by atoms with E-state index >= 15 is 0 Å².